The predicted octanol–water partition coefficient (Wildman–Crippen LogP) is 3.38. The minimum Gasteiger partial charge on any atom is -0.320 e. The number of H-pyrrole nitrogens is 1. The molecule has 0 unspecified atom stereocenters. The third-order valence-corrected chi connectivity index (χ3v) is 3.33. The fourth-order valence-electron chi connectivity index (χ4n) is 2.27. The highest BCUT2D eigenvalue weighted by Gasteiger charge is 2.14. The molecule has 0 saturated heterocycles. The van der Waals surface area contributed by atoms with Gasteiger partial charge >= 0.3 is 0 Å². The van der Waals surface area contributed by atoms with Gasteiger partial charge in [-0.25, -0.2) is 0 Å². The number of aromatic amines is 1. The molecule has 0 bridgehead atoms. The molecule has 0 atom stereocenters. The van der Waals surface area contributed by atoms with Crippen molar-refractivity contribution in [1.29, 1.82) is 0 Å². The van der Waals surface area contributed by atoms with Gasteiger partial charge in [0.05, 0.1) is 5.52 Å². The standard InChI is InChI=1S/C16H15N3O/c1-2-11-7-3-5-9-13(11)17-16(20)15-12-8-4-6-10-14(12)18-19-15/h3-10H,2H2,1H3,(H,17,20)(H,18,19). The highest BCUT2D eigenvalue weighted by molar-refractivity contribution is 6.11. The van der Waals surface area contributed by atoms with E-state index in [1.807, 2.05) is 48.5 Å². The van der Waals surface area contributed by atoms with Crippen molar-refractivity contribution in [3.63, 3.8) is 0 Å². The van der Waals surface area contributed by atoms with E-state index in [9.17, 15) is 4.79 Å². The minimum absolute atomic E-state index is 0.191. The van der Waals surface area contributed by atoms with Gasteiger partial charge in [-0.05, 0) is 24.1 Å². The first-order valence-electron chi connectivity index (χ1n) is 6.62. The van der Waals surface area contributed by atoms with E-state index in [4.69, 9.17) is 0 Å². The summed E-state index contributed by atoms with van der Waals surface area (Å²) in [5.74, 6) is -0.191. The van der Waals surface area contributed by atoms with Gasteiger partial charge in [0.1, 0.15) is 0 Å². The van der Waals surface area contributed by atoms with E-state index in [-0.39, 0.29) is 5.91 Å². The summed E-state index contributed by atoms with van der Waals surface area (Å²) in [5.41, 5.74) is 3.24. The van der Waals surface area contributed by atoms with Gasteiger partial charge in [-0.15, -0.1) is 0 Å². The van der Waals surface area contributed by atoms with Crippen molar-refractivity contribution in [2.75, 3.05) is 5.32 Å². The SMILES string of the molecule is CCc1ccccc1NC(=O)c1n[nH]c2ccccc12. The summed E-state index contributed by atoms with van der Waals surface area (Å²) in [6.45, 7) is 2.06. The van der Waals surface area contributed by atoms with Gasteiger partial charge in [-0.1, -0.05) is 43.3 Å². The maximum absolute atomic E-state index is 12.4. The number of hydrogen-bond acceptors (Lipinski definition) is 2. The summed E-state index contributed by atoms with van der Waals surface area (Å²) < 4.78 is 0. The monoisotopic (exact) mass is 265 g/mol. The lowest BCUT2D eigenvalue weighted by Gasteiger charge is -2.08. The Balaban J connectivity index is 1.93. The number of aryl methyl sites for hydroxylation is 1. The largest absolute Gasteiger partial charge is 0.320 e. The Morgan fingerprint density at radius 3 is 2.75 bits per heavy atom. The lowest BCUT2D eigenvalue weighted by Crippen LogP contribution is -2.14. The molecule has 0 fully saturated rings. The molecule has 1 amide bonds. The second-order valence-electron chi connectivity index (χ2n) is 4.58. The number of nitrogens with zero attached hydrogens (tertiary/aromatic N) is 1. The number of aromatic nitrogens is 2. The van der Waals surface area contributed by atoms with Crippen LogP contribution in [0.3, 0.4) is 0 Å². The van der Waals surface area contributed by atoms with Gasteiger partial charge in [-0.2, -0.15) is 5.10 Å². The lowest BCUT2D eigenvalue weighted by atomic mass is 10.1. The number of anilines is 1. The van der Waals surface area contributed by atoms with E-state index in [0.717, 1.165) is 28.6 Å². The van der Waals surface area contributed by atoms with Crippen LogP contribution in [0, 0.1) is 0 Å². The molecule has 0 aliphatic carbocycles. The zero-order chi connectivity index (χ0) is 13.9. The number of fused-ring (bicyclic) bond motifs is 1. The fourth-order valence-corrected chi connectivity index (χ4v) is 2.27. The summed E-state index contributed by atoms with van der Waals surface area (Å²) in [6, 6.07) is 15.4. The van der Waals surface area contributed by atoms with Crippen molar-refractivity contribution >= 4 is 22.5 Å². The number of amides is 1. The summed E-state index contributed by atoms with van der Waals surface area (Å²) in [4.78, 5) is 12.4. The van der Waals surface area contributed by atoms with Crippen LogP contribution in [0.2, 0.25) is 0 Å². The van der Waals surface area contributed by atoms with E-state index in [1.54, 1.807) is 0 Å². The average molecular weight is 265 g/mol. The lowest BCUT2D eigenvalue weighted by molar-refractivity contribution is 0.102. The van der Waals surface area contributed by atoms with E-state index in [0.29, 0.717) is 5.69 Å². The molecule has 4 nitrogen and oxygen atoms in total. The van der Waals surface area contributed by atoms with Gasteiger partial charge in [-0.3, -0.25) is 9.89 Å². The molecule has 0 radical (unpaired) electrons. The highest BCUT2D eigenvalue weighted by atomic mass is 16.1. The zero-order valence-electron chi connectivity index (χ0n) is 11.2. The molecule has 0 aliphatic heterocycles. The molecule has 2 N–H and O–H groups in total. The first-order valence-corrected chi connectivity index (χ1v) is 6.62. The number of benzene rings is 2. The molecule has 0 aliphatic rings. The molecule has 1 heterocycles. The van der Waals surface area contributed by atoms with Gasteiger partial charge in [0, 0.05) is 11.1 Å². The van der Waals surface area contributed by atoms with E-state index < -0.39 is 0 Å². The molecule has 4 heteroatoms. The van der Waals surface area contributed by atoms with Crippen LogP contribution in [-0.2, 0) is 6.42 Å². The third-order valence-electron chi connectivity index (χ3n) is 3.33. The van der Waals surface area contributed by atoms with Gasteiger partial charge < -0.3 is 5.32 Å². The molecule has 20 heavy (non-hydrogen) atoms. The van der Waals surface area contributed by atoms with E-state index >= 15 is 0 Å². The third kappa shape index (κ3) is 2.16. The maximum atomic E-state index is 12.4. The minimum atomic E-state index is -0.191. The molecule has 100 valence electrons. The van der Waals surface area contributed by atoms with E-state index in [1.165, 1.54) is 0 Å². The van der Waals surface area contributed by atoms with Crippen LogP contribution in [0.5, 0.6) is 0 Å². The van der Waals surface area contributed by atoms with Crippen LogP contribution < -0.4 is 5.32 Å². The Hall–Kier alpha value is -2.62. The van der Waals surface area contributed by atoms with Crippen LogP contribution in [0.25, 0.3) is 10.9 Å². The fraction of sp³-hybridized carbons (Fsp3) is 0.125. The Labute approximate surface area is 116 Å². The summed E-state index contributed by atoms with van der Waals surface area (Å²) in [5, 5.41) is 10.7. The molecular formula is C16H15N3O. The topological polar surface area (TPSA) is 57.8 Å². The van der Waals surface area contributed by atoms with Crippen molar-refractivity contribution in [1.82, 2.24) is 10.2 Å². The van der Waals surface area contributed by atoms with Crippen LogP contribution in [-0.4, -0.2) is 16.1 Å². The Morgan fingerprint density at radius 1 is 1.15 bits per heavy atom. The number of rotatable bonds is 3. The number of nitrogens with one attached hydrogen (secondary N) is 2. The molecule has 3 rings (SSSR count). The molecule has 0 saturated carbocycles. The number of carbonyl (C=O) groups excluding carboxylic acids is 1. The average Bonchev–Trinajstić information content (AvgIpc) is 2.92. The summed E-state index contributed by atoms with van der Waals surface area (Å²) in [7, 11) is 0. The normalized spacial score (nSPS) is 10.7. The molecule has 0 spiro atoms. The number of para-hydroxylation sites is 2. The van der Waals surface area contributed by atoms with Crippen molar-refractivity contribution < 1.29 is 4.79 Å². The smallest absolute Gasteiger partial charge is 0.276 e. The number of hydrogen-bond donors (Lipinski definition) is 2. The van der Waals surface area contributed by atoms with Crippen molar-refractivity contribution in [3.05, 3.63) is 59.8 Å². The van der Waals surface area contributed by atoms with Crippen molar-refractivity contribution in [3.8, 4) is 0 Å². The maximum Gasteiger partial charge on any atom is 0.276 e. The van der Waals surface area contributed by atoms with E-state index in [2.05, 4.69) is 22.4 Å². The first kappa shape index (κ1) is 12.4. The van der Waals surface area contributed by atoms with Gasteiger partial charge in [0.2, 0.25) is 0 Å². The van der Waals surface area contributed by atoms with Crippen LogP contribution >= 0.6 is 0 Å². The summed E-state index contributed by atoms with van der Waals surface area (Å²) in [6.07, 6.45) is 0.873. The van der Waals surface area contributed by atoms with Crippen LogP contribution in [0.1, 0.15) is 23.0 Å². The molecular weight excluding hydrogens is 250 g/mol. The Kier molecular flexibility index (Phi) is 3.21. The van der Waals surface area contributed by atoms with Crippen molar-refractivity contribution in [2.45, 2.75) is 13.3 Å². The first-order chi connectivity index (χ1) is 9.79. The predicted molar refractivity (Wildman–Crippen MR) is 79.9 cm³/mol. The molecule has 1 aromatic heterocycles. The number of carbonyl (C=O) groups is 1. The van der Waals surface area contributed by atoms with Crippen molar-refractivity contribution in [2.24, 2.45) is 0 Å². The van der Waals surface area contributed by atoms with Crippen LogP contribution in [0.4, 0.5) is 5.69 Å². The molecule has 3 aromatic rings. The molecule has 2 aromatic carbocycles. The second-order valence-corrected chi connectivity index (χ2v) is 4.58. The second kappa shape index (κ2) is 5.17. The Morgan fingerprint density at radius 2 is 1.90 bits per heavy atom. The Bertz CT molecular complexity index is 761. The highest BCUT2D eigenvalue weighted by Crippen LogP contribution is 2.19. The summed E-state index contributed by atoms with van der Waals surface area (Å²) >= 11 is 0. The quantitative estimate of drug-likeness (QED) is 0.762. The van der Waals surface area contributed by atoms with Crippen LogP contribution in [0.15, 0.2) is 48.5 Å². The zero-order valence-corrected chi connectivity index (χ0v) is 11.2. The van der Waals surface area contributed by atoms with Gasteiger partial charge in [0.15, 0.2) is 5.69 Å². The van der Waals surface area contributed by atoms with Gasteiger partial charge in [0.25, 0.3) is 5.91 Å².